The van der Waals surface area contributed by atoms with E-state index >= 15 is 0 Å². The van der Waals surface area contributed by atoms with Gasteiger partial charge in [-0.3, -0.25) is 9.59 Å². The lowest BCUT2D eigenvalue weighted by Crippen LogP contribution is -2.31. The van der Waals surface area contributed by atoms with E-state index in [0.717, 1.165) is 5.56 Å². The first-order chi connectivity index (χ1) is 15.6. The summed E-state index contributed by atoms with van der Waals surface area (Å²) in [6.07, 6.45) is 2.05. The Balaban J connectivity index is 1.54. The number of aliphatic hydroxyl groups is 1. The Kier molecular flexibility index (Phi) is 5.15. The van der Waals surface area contributed by atoms with Gasteiger partial charge in [0.2, 0.25) is 0 Å². The molecule has 1 atom stereocenters. The highest BCUT2D eigenvalue weighted by Crippen LogP contribution is 2.41. The normalized spacial score (nSPS) is 19.4. The van der Waals surface area contributed by atoms with Crippen molar-refractivity contribution >= 4 is 17.4 Å². The number of ether oxygens (including phenoxy) is 2. The first-order valence-corrected chi connectivity index (χ1v) is 10.4. The maximum absolute atomic E-state index is 13.0. The Hall–Kier alpha value is -4.00. The van der Waals surface area contributed by atoms with Crippen molar-refractivity contribution in [2.75, 3.05) is 19.8 Å². The summed E-state index contributed by atoms with van der Waals surface area (Å²) in [7, 11) is 0. The van der Waals surface area contributed by atoms with Crippen molar-refractivity contribution in [2.45, 2.75) is 12.5 Å². The summed E-state index contributed by atoms with van der Waals surface area (Å²) in [5, 5.41) is 11.1. The number of ketones is 1. The first-order valence-electron chi connectivity index (χ1n) is 10.4. The molecule has 0 spiro atoms. The summed E-state index contributed by atoms with van der Waals surface area (Å²) < 4.78 is 16.7. The molecule has 3 aromatic rings. The van der Waals surface area contributed by atoms with Crippen LogP contribution in [0.5, 0.6) is 11.5 Å². The van der Waals surface area contributed by atoms with Gasteiger partial charge in [0, 0.05) is 12.1 Å². The number of furan rings is 1. The van der Waals surface area contributed by atoms with Crippen LogP contribution in [-0.4, -0.2) is 41.5 Å². The van der Waals surface area contributed by atoms with Crippen molar-refractivity contribution in [3.8, 4) is 11.5 Å². The van der Waals surface area contributed by atoms with Gasteiger partial charge in [0.05, 0.1) is 11.8 Å². The Labute approximate surface area is 184 Å². The highest BCUT2D eigenvalue weighted by molar-refractivity contribution is 6.46. The summed E-state index contributed by atoms with van der Waals surface area (Å²) in [5.41, 5.74) is 1.40. The van der Waals surface area contributed by atoms with Gasteiger partial charge in [-0.15, -0.1) is 0 Å². The van der Waals surface area contributed by atoms with Gasteiger partial charge in [0.1, 0.15) is 30.8 Å². The average Bonchev–Trinajstić information content (AvgIpc) is 3.45. The molecule has 162 valence electrons. The maximum Gasteiger partial charge on any atom is 0.295 e. The lowest BCUT2D eigenvalue weighted by Gasteiger charge is -2.23. The van der Waals surface area contributed by atoms with E-state index in [9.17, 15) is 14.7 Å². The number of aliphatic hydroxyl groups excluding tert-OH is 1. The summed E-state index contributed by atoms with van der Waals surface area (Å²) in [6.45, 7) is 1.15. The van der Waals surface area contributed by atoms with E-state index in [1.807, 2.05) is 30.3 Å². The van der Waals surface area contributed by atoms with Gasteiger partial charge in [0.25, 0.3) is 11.7 Å². The third kappa shape index (κ3) is 3.51. The number of carbonyl (C=O) groups excluding carboxylic acids is 2. The lowest BCUT2D eigenvalue weighted by atomic mass is 9.99. The predicted octanol–water partition coefficient (Wildman–Crippen LogP) is 3.72. The topological polar surface area (TPSA) is 89.2 Å². The molecule has 1 saturated heterocycles. The van der Waals surface area contributed by atoms with Gasteiger partial charge in [-0.1, -0.05) is 30.3 Å². The maximum atomic E-state index is 13.0. The van der Waals surface area contributed by atoms with E-state index in [1.165, 1.54) is 11.2 Å². The fourth-order valence-corrected chi connectivity index (χ4v) is 4.09. The number of hydrogen-bond donors (Lipinski definition) is 1. The third-order valence-electron chi connectivity index (χ3n) is 5.65. The Bertz CT molecular complexity index is 1180. The molecule has 7 nitrogen and oxygen atoms in total. The van der Waals surface area contributed by atoms with E-state index in [4.69, 9.17) is 13.9 Å². The van der Waals surface area contributed by atoms with E-state index in [-0.39, 0.29) is 11.3 Å². The number of carbonyl (C=O) groups is 2. The summed E-state index contributed by atoms with van der Waals surface area (Å²) in [5.74, 6) is -0.222. The smallest absolute Gasteiger partial charge is 0.295 e. The number of amides is 1. The molecule has 0 aliphatic carbocycles. The van der Waals surface area contributed by atoms with Gasteiger partial charge >= 0.3 is 0 Å². The van der Waals surface area contributed by atoms with Gasteiger partial charge in [-0.25, -0.2) is 0 Å². The molecule has 0 radical (unpaired) electrons. The molecule has 2 aliphatic heterocycles. The fourth-order valence-electron chi connectivity index (χ4n) is 4.09. The lowest BCUT2D eigenvalue weighted by molar-refractivity contribution is -0.140. The quantitative estimate of drug-likeness (QED) is 0.376. The number of likely N-dealkylation sites (tertiary alicyclic amines) is 1. The highest BCUT2D eigenvalue weighted by Gasteiger charge is 2.47. The number of hydrogen-bond acceptors (Lipinski definition) is 6. The zero-order valence-corrected chi connectivity index (χ0v) is 17.2. The predicted molar refractivity (Wildman–Crippen MR) is 115 cm³/mol. The molecular formula is C25H21NO6. The number of Topliss-reactive ketones (excluding diaryl/α,β-unsaturated/α-hetero) is 1. The summed E-state index contributed by atoms with van der Waals surface area (Å²) >= 11 is 0. The second-order valence-electron chi connectivity index (χ2n) is 7.60. The van der Waals surface area contributed by atoms with Crippen LogP contribution in [0.25, 0.3) is 5.76 Å². The minimum Gasteiger partial charge on any atom is -0.507 e. The Morgan fingerprint density at radius 1 is 0.969 bits per heavy atom. The van der Waals surface area contributed by atoms with E-state index in [1.54, 1.807) is 30.3 Å². The Morgan fingerprint density at radius 3 is 2.50 bits per heavy atom. The minimum absolute atomic E-state index is 0.00492. The van der Waals surface area contributed by atoms with Crippen molar-refractivity contribution in [1.82, 2.24) is 4.90 Å². The number of rotatable bonds is 5. The average molecular weight is 431 g/mol. The van der Waals surface area contributed by atoms with Crippen LogP contribution in [-0.2, 0) is 16.0 Å². The molecule has 3 heterocycles. The number of nitrogens with zero attached hydrogens (tertiary/aromatic N) is 1. The number of benzene rings is 2. The number of fused-ring (bicyclic) bond motifs is 1. The molecule has 0 saturated carbocycles. The largest absolute Gasteiger partial charge is 0.507 e. The fraction of sp³-hybridized carbons (Fsp3) is 0.200. The van der Waals surface area contributed by atoms with Gasteiger partial charge < -0.3 is 23.9 Å². The van der Waals surface area contributed by atoms with Crippen LogP contribution >= 0.6 is 0 Å². The van der Waals surface area contributed by atoms with Gasteiger partial charge in [-0.2, -0.15) is 0 Å². The molecule has 1 N–H and O–H groups in total. The molecule has 1 fully saturated rings. The molecule has 5 rings (SSSR count). The summed E-state index contributed by atoms with van der Waals surface area (Å²) in [6, 6.07) is 17.2. The molecule has 7 heteroatoms. The highest BCUT2D eigenvalue weighted by atomic mass is 16.6. The zero-order chi connectivity index (χ0) is 22.1. The third-order valence-corrected chi connectivity index (χ3v) is 5.65. The molecular weight excluding hydrogens is 410 g/mol. The minimum atomic E-state index is -0.818. The van der Waals surface area contributed by atoms with Crippen molar-refractivity contribution in [2.24, 2.45) is 0 Å². The van der Waals surface area contributed by atoms with Crippen LogP contribution in [0.4, 0.5) is 0 Å². The standard InChI is InChI=1S/C25H21NO6/c27-23(17-8-9-18-20(15-17)32-14-13-31-18)21-22(19-7-4-12-30-19)26(25(29)24(21)28)11-10-16-5-2-1-3-6-16/h1-9,12,15,22,27H,10-11,13-14H2. The van der Waals surface area contributed by atoms with Crippen LogP contribution in [0.1, 0.15) is 22.9 Å². The van der Waals surface area contributed by atoms with Crippen LogP contribution in [0, 0.1) is 0 Å². The van der Waals surface area contributed by atoms with Crippen LogP contribution < -0.4 is 9.47 Å². The van der Waals surface area contributed by atoms with Crippen LogP contribution in [0.15, 0.2) is 76.9 Å². The van der Waals surface area contributed by atoms with E-state index in [2.05, 4.69) is 0 Å². The molecule has 1 amide bonds. The first kappa shape index (κ1) is 19.9. The molecule has 1 unspecified atom stereocenters. The van der Waals surface area contributed by atoms with Crippen LogP contribution in [0.2, 0.25) is 0 Å². The second kappa shape index (κ2) is 8.26. The van der Waals surface area contributed by atoms with Crippen molar-refractivity contribution in [1.29, 1.82) is 0 Å². The SMILES string of the molecule is O=C1C(=O)N(CCc2ccccc2)C(c2ccco2)C1=C(O)c1ccc2c(c1)OCCO2. The molecule has 1 aromatic heterocycles. The van der Waals surface area contributed by atoms with Crippen molar-refractivity contribution in [3.63, 3.8) is 0 Å². The molecule has 2 aromatic carbocycles. The monoisotopic (exact) mass is 431 g/mol. The zero-order valence-electron chi connectivity index (χ0n) is 17.2. The second-order valence-corrected chi connectivity index (χ2v) is 7.60. The van der Waals surface area contributed by atoms with E-state index < -0.39 is 17.7 Å². The summed E-state index contributed by atoms with van der Waals surface area (Å²) in [4.78, 5) is 27.4. The van der Waals surface area contributed by atoms with Crippen molar-refractivity contribution in [3.05, 3.63) is 89.4 Å². The molecule has 0 bridgehead atoms. The van der Waals surface area contributed by atoms with Crippen molar-refractivity contribution < 1.29 is 28.6 Å². The van der Waals surface area contributed by atoms with Gasteiger partial charge in [-0.05, 0) is 42.3 Å². The Morgan fingerprint density at radius 2 is 1.75 bits per heavy atom. The van der Waals surface area contributed by atoms with Gasteiger partial charge in [0.15, 0.2) is 11.5 Å². The van der Waals surface area contributed by atoms with Crippen LogP contribution in [0.3, 0.4) is 0 Å². The molecule has 2 aliphatic rings. The molecule has 32 heavy (non-hydrogen) atoms. The van der Waals surface area contributed by atoms with E-state index in [0.29, 0.717) is 49.0 Å².